The fourth-order valence-electron chi connectivity index (χ4n) is 0.643. The molecule has 0 aliphatic rings. The highest BCUT2D eigenvalue weighted by atomic mass is 32.2. The average Bonchev–Trinajstić information content (AvgIpc) is 2.50. The van der Waals surface area contributed by atoms with E-state index in [0.717, 1.165) is 6.29 Å². The summed E-state index contributed by atoms with van der Waals surface area (Å²) in [6.07, 6.45) is 0.780. The zero-order chi connectivity index (χ0) is 8.81. The predicted molar refractivity (Wildman–Crippen MR) is 41.7 cm³/mol. The summed E-state index contributed by atoms with van der Waals surface area (Å²) < 4.78 is 1.45. The molecule has 0 unspecified atom stereocenters. The first-order valence-corrected chi connectivity index (χ1v) is 4.30. The monoisotopic (exact) mass is 188 g/mol. The first-order valence-electron chi connectivity index (χ1n) is 3.32. The number of aldehydes is 1. The summed E-state index contributed by atoms with van der Waals surface area (Å²) in [5.41, 5.74) is 0. The molecule has 0 atom stereocenters. The van der Waals surface area contributed by atoms with Crippen molar-refractivity contribution in [3.05, 3.63) is 0 Å². The Morgan fingerprint density at radius 2 is 2.50 bits per heavy atom. The number of carbonyl (C=O) groups is 1. The van der Waals surface area contributed by atoms with Crippen LogP contribution >= 0.6 is 11.8 Å². The zero-order valence-electron chi connectivity index (χ0n) is 6.25. The van der Waals surface area contributed by atoms with E-state index in [9.17, 15) is 4.79 Å². The third-order valence-corrected chi connectivity index (χ3v) is 1.94. The molecule has 12 heavy (non-hydrogen) atoms. The van der Waals surface area contributed by atoms with Crippen molar-refractivity contribution in [3.63, 3.8) is 0 Å². The number of aliphatic hydroxyl groups excluding tert-OH is 1. The lowest BCUT2D eigenvalue weighted by molar-refractivity contribution is -0.105. The molecule has 1 heterocycles. The highest BCUT2D eigenvalue weighted by molar-refractivity contribution is 7.99. The number of nitrogens with zero attached hydrogens (tertiary/aromatic N) is 4. The Bertz CT molecular complexity index is 251. The molecule has 66 valence electrons. The van der Waals surface area contributed by atoms with Gasteiger partial charge < -0.3 is 9.90 Å². The second kappa shape index (κ2) is 4.83. The molecule has 0 saturated carbocycles. The van der Waals surface area contributed by atoms with Gasteiger partial charge in [-0.3, -0.25) is 0 Å². The maximum absolute atomic E-state index is 10.0. The summed E-state index contributed by atoms with van der Waals surface area (Å²) in [4.78, 5) is 10.0. The summed E-state index contributed by atoms with van der Waals surface area (Å²) in [5, 5.41) is 19.8. The van der Waals surface area contributed by atoms with E-state index in [2.05, 4.69) is 15.5 Å². The Morgan fingerprint density at radius 1 is 1.67 bits per heavy atom. The molecule has 0 saturated heterocycles. The summed E-state index contributed by atoms with van der Waals surface area (Å²) in [5.74, 6) is 0.325. The maximum atomic E-state index is 10.0. The number of aromatic nitrogens is 4. The van der Waals surface area contributed by atoms with Crippen LogP contribution in [-0.4, -0.2) is 44.0 Å². The minimum absolute atomic E-state index is 0.0142. The number of rotatable bonds is 5. The molecule has 0 fully saturated rings. The molecule has 1 rings (SSSR count). The lowest BCUT2D eigenvalue weighted by atomic mass is 10.7. The Hall–Kier alpha value is -0.950. The standard InChI is InChI=1S/C5H8N4O2S/c10-2-1-9-5(6-7-8-9)12-4-3-11/h3,10H,1-2,4H2. The van der Waals surface area contributed by atoms with Crippen molar-refractivity contribution in [3.8, 4) is 0 Å². The van der Waals surface area contributed by atoms with Crippen LogP contribution in [0, 0.1) is 0 Å². The normalized spacial score (nSPS) is 10.1. The lowest BCUT2D eigenvalue weighted by Crippen LogP contribution is -2.05. The van der Waals surface area contributed by atoms with Crippen LogP contribution < -0.4 is 0 Å². The summed E-state index contributed by atoms with van der Waals surface area (Å²) in [6, 6.07) is 0. The van der Waals surface area contributed by atoms with Crippen molar-refractivity contribution in [1.82, 2.24) is 20.2 Å². The van der Waals surface area contributed by atoms with Crippen LogP contribution in [0.4, 0.5) is 0 Å². The predicted octanol–water partition coefficient (Wildman–Crippen LogP) is -1.04. The first kappa shape index (κ1) is 9.14. The van der Waals surface area contributed by atoms with Gasteiger partial charge >= 0.3 is 0 Å². The molecule has 0 aliphatic carbocycles. The third kappa shape index (κ3) is 2.28. The maximum Gasteiger partial charge on any atom is 0.209 e. The minimum atomic E-state index is -0.0142. The quantitative estimate of drug-likeness (QED) is 0.469. The van der Waals surface area contributed by atoms with Crippen LogP contribution in [0.15, 0.2) is 5.16 Å². The van der Waals surface area contributed by atoms with Crippen molar-refractivity contribution in [2.75, 3.05) is 12.4 Å². The molecule has 0 radical (unpaired) electrons. The van der Waals surface area contributed by atoms with Gasteiger partial charge in [0, 0.05) is 0 Å². The molecule has 7 heteroatoms. The Labute approximate surface area is 73.0 Å². The van der Waals surface area contributed by atoms with Gasteiger partial charge in [-0.05, 0) is 10.4 Å². The second-order valence-corrected chi connectivity index (χ2v) is 2.87. The number of carbonyl (C=O) groups excluding carboxylic acids is 1. The zero-order valence-corrected chi connectivity index (χ0v) is 7.07. The highest BCUT2D eigenvalue weighted by Gasteiger charge is 2.04. The van der Waals surface area contributed by atoms with Crippen LogP contribution in [0.1, 0.15) is 0 Å². The molecule has 0 aromatic carbocycles. The largest absolute Gasteiger partial charge is 0.394 e. The molecule has 1 aromatic heterocycles. The van der Waals surface area contributed by atoms with Crippen LogP contribution in [0.25, 0.3) is 0 Å². The van der Waals surface area contributed by atoms with Crippen LogP contribution in [0.5, 0.6) is 0 Å². The third-order valence-electron chi connectivity index (χ3n) is 1.09. The second-order valence-electron chi connectivity index (χ2n) is 1.89. The van der Waals surface area contributed by atoms with Crippen molar-refractivity contribution >= 4 is 18.0 Å². The van der Waals surface area contributed by atoms with Crippen LogP contribution in [-0.2, 0) is 11.3 Å². The van der Waals surface area contributed by atoms with E-state index in [-0.39, 0.29) is 6.61 Å². The molecular formula is C5H8N4O2S. The summed E-state index contributed by atoms with van der Waals surface area (Å²) in [7, 11) is 0. The molecule has 0 aliphatic heterocycles. The first-order chi connectivity index (χ1) is 5.88. The van der Waals surface area contributed by atoms with Crippen molar-refractivity contribution in [1.29, 1.82) is 0 Å². The van der Waals surface area contributed by atoms with Gasteiger partial charge in [0.15, 0.2) is 0 Å². The topological polar surface area (TPSA) is 80.9 Å². The SMILES string of the molecule is O=CCSc1nnnn1CCO. The van der Waals surface area contributed by atoms with Crippen molar-refractivity contribution in [2.24, 2.45) is 0 Å². The number of hydrogen-bond donors (Lipinski definition) is 1. The van der Waals surface area contributed by atoms with Crippen LogP contribution in [0.3, 0.4) is 0 Å². The molecule has 6 nitrogen and oxygen atoms in total. The van der Waals surface area contributed by atoms with Gasteiger partial charge in [-0.1, -0.05) is 11.8 Å². The summed E-state index contributed by atoms with van der Waals surface area (Å²) >= 11 is 1.24. The van der Waals surface area contributed by atoms with E-state index in [0.29, 0.717) is 17.5 Å². The van der Waals surface area contributed by atoms with E-state index in [4.69, 9.17) is 5.11 Å². The van der Waals surface area contributed by atoms with Gasteiger partial charge in [-0.2, -0.15) is 0 Å². The smallest absolute Gasteiger partial charge is 0.209 e. The fraction of sp³-hybridized carbons (Fsp3) is 0.600. The number of aliphatic hydroxyl groups is 1. The Kier molecular flexibility index (Phi) is 3.68. The van der Waals surface area contributed by atoms with Gasteiger partial charge in [-0.25, -0.2) is 4.68 Å². The Morgan fingerprint density at radius 3 is 3.17 bits per heavy atom. The van der Waals surface area contributed by atoms with Crippen molar-refractivity contribution < 1.29 is 9.90 Å². The molecule has 0 spiro atoms. The fourth-order valence-corrected chi connectivity index (χ4v) is 1.23. The van der Waals surface area contributed by atoms with Crippen LogP contribution in [0.2, 0.25) is 0 Å². The highest BCUT2D eigenvalue weighted by Crippen LogP contribution is 2.10. The van der Waals surface area contributed by atoms with Crippen molar-refractivity contribution in [2.45, 2.75) is 11.7 Å². The van der Waals surface area contributed by atoms with E-state index >= 15 is 0 Å². The minimum Gasteiger partial charge on any atom is -0.394 e. The number of thioether (sulfide) groups is 1. The van der Waals surface area contributed by atoms with Gasteiger partial charge in [0.25, 0.3) is 0 Å². The molecule has 1 aromatic rings. The Balaban J connectivity index is 2.56. The van der Waals surface area contributed by atoms with E-state index in [1.807, 2.05) is 0 Å². The molecule has 0 amide bonds. The van der Waals surface area contributed by atoms with Gasteiger partial charge in [0.05, 0.1) is 18.9 Å². The van der Waals surface area contributed by atoms with E-state index in [1.165, 1.54) is 16.4 Å². The molecule has 0 bridgehead atoms. The number of tetrazole rings is 1. The van der Waals surface area contributed by atoms with E-state index < -0.39 is 0 Å². The summed E-state index contributed by atoms with van der Waals surface area (Å²) in [6.45, 7) is 0.341. The van der Waals surface area contributed by atoms with Gasteiger partial charge in [0.2, 0.25) is 5.16 Å². The molecule has 1 N–H and O–H groups in total. The van der Waals surface area contributed by atoms with Gasteiger partial charge in [-0.15, -0.1) is 5.10 Å². The van der Waals surface area contributed by atoms with Gasteiger partial charge in [0.1, 0.15) is 6.29 Å². The molecular weight excluding hydrogens is 180 g/mol. The average molecular weight is 188 g/mol. The lowest BCUT2D eigenvalue weighted by Gasteiger charge is -1.97. The van der Waals surface area contributed by atoms with E-state index in [1.54, 1.807) is 0 Å². The number of hydrogen-bond acceptors (Lipinski definition) is 6.